The number of benzene rings is 1. The van der Waals surface area contributed by atoms with E-state index < -0.39 is 6.10 Å². The van der Waals surface area contributed by atoms with Crippen LogP contribution in [0.25, 0.3) is 0 Å². The van der Waals surface area contributed by atoms with Crippen molar-refractivity contribution in [3.63, 3.8) is 0 Å². The Labute approximate surface area is 197 Å². The van der Waals surface area contributed by atoms with Crippen molar-refractivity contribution >= 4 is 29.9 Å². The Balaban J connectivity index is 0.00000450. The summed E-state index contributed by atoms with van der Waals surface area (Å²) in [5, 5.41) is 16.6. The minimum Gasteiger partial charge on any atom is -0.491 e. The van der Waals surface area contributed by atoms with E-state index in [4.69, 9.17) is 14.5 Å². The van der Waals surface area contributed by atoms with Crippen molar-refractivity contribution in [1.29, 1.82) is 0 Å². The highest BCUT2D eigenvalue weighted by atomic mass is 127. The van der Waals surface area contributed by atoms with Gasteiger partial charge >= 0.3 is 0 Å². The summed E-state index contributed by atoms with van der Waals surface area (Å²) in [7, 11) is 0. The highest BCUT2D eigenvalue weighted by Crippen LogP contribution is 2.41. The number of aliphatic hydroxyl groups excluding tert-OH is 1. The molecule has 1 aromatic rings. The van der Waals surface area contributed by atoms with E-state index in [2.05, 4.69) is 10.6 Å². The highest BCUT2D eigenvalue weighted by molar-refractivity contribution is 14.0. The van der Waals surface area contributed by atoms with Gasteiger partial charge < -0.3 is 25.2 Å². The third-order valence-corrected chi connectivity index (χ3v) is 5.32. The summed E-state index contributed by atoms with van der Waals surface area (Å²) >= 11 is 0. The normalized spacial score (nSPS) is 16.6. The maximum atomic E-state index is 12.9. The van der Waals surface area contributed by atoms with Crippen LogP contribution in [0.4, 0.5) is 4.39 Å². The quantitative estimate of drug-likeness (QED) is 0.164. The lowest BCUT2D eigenvalue weighted by Gasteiger charge is -2.27. The molecule has 172 valence electrons. The predicted octanol–water partition coefficient (Wildman–Crippen LogP) is 3.73. The average molecular weight is 537 g/mol. The molecule has 1 aromatic carbocycles. The first-order chi connectivity index (χ1) is 14.1. The Hall–Kier alpha value is -1.13. The molecule has 30 heavy (non-hydrogen) atoms. The average Bonchev–Trinajstić information content (AvgIpc) is 3.19. The summed E-state index contributed by atoms with van der Waals surface area (Å²) in [4.78, 5) is 4.79. The fourth-order valence-electron chi connectivity index (χ4n) is 3.63. The molecule has 0 bridgehead atoms. The summed E-state index contributed by atoms with van der Waals surface area (Å²) in [5.74, 6) is 0.923. The van der Waals surface area contributed by atoms with Gasteiger partial charge in [0, 0.05) is 32.8 Å². The minimum absolute atomic E-state index is 0. The van der Waals surface area contributed by atoms with E-state index >= 15 is 0 Å². The van der Waals surface area contributed by atoms with E-state index in [0.29, 0.717) is 18.3 Å². The van der Waals surface area contributed by atoms with Crippen molar-refractivity contribution in [1.82, 2.24) is 10.6 Å². The number of aliphatic hydroxyl groups is 1. The zero-order valence-corrected chi connectivity index (χ0v) is 20.5. The third-order valence-electron chi connectivity index (χ3n) is 5.32. The third kappa shape index (κ3) is 9.78. The lowest BCUT2D eigenvalue weighted by molar-refractivity contribution is 0.106. The standard InChI is InChI=1S/C22H36FN3O3.HI/c1-3-24-21(26-17-22(11-5-6-12-22)13-14-28-4-2)25-15-19(27)16-29-20-9-7-18(23)8-10-20;/h7-10,19,27H,3-6,11-17H2,1-2H3,(H2,24,25,26);1H. The van der Waals surface area contributed by atoms with E-state index in [1.165, 1.54) is 37.8 Å². The molecule has 0 amide bonds. The van der Waals surface area contributed by atoms with Gasteiger partial charge in [-0.1, -0.05) is 12.8 Å². The molecule has 1 fully saturated rings. The van der Waals surface area contributed by atoms with Crippen LogP contribution in [0.1, 0.15) is 46.0 Å². The number of rotatable bonds is 12. The number of hydrogen-bond acceptors (Lipinski definition) is 4. The second-order valence-electron chi connectivity index (χ2n) is 7.65. The fourth-order valence-corrected chi connectivity index (χ4v) is 3.63. The van der Waals surface area contributed by atoms with Crippen LogP contribution in [-0.2, 0) is 4.74 Å². The van der Waals surface area contributed by atoms with Crippen LogP contribution in [-0.4, -0.2) is 56.6 Å². The molecule has 0 spiro atoms. The van der Waals surface area contributed by atoms with E-state index in [9.17, 15) is 9.50 Å². The van der Waals surface area contributed by atoms with Crippen LogP contribution in [0, 0.1) is 11.2 Å². The van der Waals surface area contributed by atoms with Crippen molar-refractivity contribution in [3.05, 3.63) is 30.1 Å². The molecule has 0 aromatic heterocycles. The number of aliphatic imine (C=N–C) groups is 1. The molecule has 6 nitrogen and oxygen atoms in total. The monoisotopic (exact) mass is 537 g/mol. The van der Waals surface area contributed by atoms with Crippen LogP contribution in [0.3, 0.4) is 0 Å². The Kier molecular flexibility index (Phi) is 13.3. The minimum atomic E-state index is -0.706. The smallest absolute Gasteiger partial charge is 0.191 e. The molecular formula is C22H37FIN3O3. The second-order valence-corrected chi connectivity index (χ2v) is 7.65. The number of nitrogens with zero attached hydrogens (tertiary/aromatic N) is 1. The van der Waals surface area contributed by atoms with Gasteiger partial charge in [0.1, 0.15) is 24.3 Å². The van der Waals surface area contributed by atoms with Crippen molar-refractivity contribution in [2.45, 2.75) is 52.1 Å². The molecule has 2 rings (SSSR count). The van der Waals surface area contributed by atoms with Crippen LogP contribution in [0.15, 0.2) is 29.3 Å². The molecule has 1 aliphatic carbocycles. The highest BCUT2D eigenvalue weighted by Gasteiger charge is 2.33. The van der Waals surface area contributed by atoms with Crippen molar-refractivity contribution in [2.75, 3.05) is 39.5 Å². The first kappa shape index (κ1) is 26.9. The number of halogens is 2. The van der Waals surface area contributed by atoms with Gasteiger partial charge in [0.15, 0.2) is 5.96 Å². The maximum absolute atomic E-state index is 12.9. The Bertz CT molecular complexity index is 610. The largest absolute Gasteiger partial charge is 0.491 e. The van der Waals surface area contributed by atoms with Gasteiger partial charge in [0.05, 0.1) is 0 Å². The van der Waals surface area contributed by atoms with Crippen LogP contribution < -0.4 is 15.4 Å². The summed E-state index contributed by atoms with van der Waals surface area (Å²) in [6, 6.07) is 5.76. The van der Waals surface area contributed by atoms with Crippen LogP contribution in [0.2, 0.25) is 0 Å². The number of ether oxygens (including phenoxy) is 2. The van der Waals surface area contributed by atoms with Gasteiger partial charge in [-0.05, 0) is 62.8 Å². The summed E-state index contributed by atoms with van der Waals surface area (Å²) < 4.78 is 24.0. The van der Waals surface area contributed by atoms with Gasteiger partial charge in [-0.3, -0.25) is 4.99 Å². The molecule has 0 heterocycles. The summed E-state index contributed by atoms with van der Waals surface area (Å²) in [6.45, 7) is 7.53. The van der Waals surface area contributed by atoms with Gasteiger partial charge in [-0.25, -0.2) is 4.39 Å². The van der Waals surface area contributed by atoms with Crippen molar-refractivity contribution < 1.29 is 19.0 Å². The first-order valence-corrected chi connectivity index (χ1v) is 10.7. The van der Waals surface area contributed by atoms with Gasteiger partial charge in [-0.15, -0.1) is 24.0 Å². The fraction of sp³-hybridized carbons (Fsp3) is 0.682. The number of guanidine groups is 1. The molecule has 1 aliphatic rings. The molecule has 0 saturated heterocycles. The van der Waals surface area contributed by atoms with E-state index in [0.717, 1.165) is 32.7 Å². The Morgan fingerprint density at radius 3 is 2.53 bits per heavy atom. The van der Waals surface area contributed by atoms with Crippen LogP contribution >= 0.6 is 24.0 Å². The molecule has 8 heteroatoms. The number of hydrogen-bond donors (Lipinski definition) is 3. The predicted molar refractivity (Wildman–Crippen MR) is 129 cm³/mol. The molecule has 1 unspecified atom stereocenters. The summed E-state index contributed by atoms with van der Waals surface area (Å²) in [5.41, 5.74) is 0.224. The van der Waals surface area contributed by atoms with Crippen molar-refractivity contribution in [3.8, 4) is 5.75 Å². The topological polar surface area (TPSA) is 75.1 Å². The molecule has 0 radical (unpaired) electrons. The van der Waals surface area contributed by atoms with E-state index in [1.54, 1.807) is 12.1 Å². The zero-order chi connectivity index (χ0) is 21.0. The lowest BCUT2D eigenvalue weighted by Crippen LogP contribution is -2.43. The van der Waals surface area contributed by atoms with Gasteiger partial charge in [0.25, 0.3) is 0 Å². The van der Waals surface area contributed by atoms with Crippen LogP contribution in [0.5, 0.6) is 5.75 Å². The zero-order valence-electron chi connectivity index (χ0n) is 18.2. The Morgan fingerprint density at radius 1 is 1.20 bits per heavy atom. The molecule has 0 aliphatic heterocycles. The van der Waals surface area contributed by atoms with E-state index in [-0.39, 0.29) is 41.8 Å². The SMILES string of the molecule is CCNC(=NCC1(CCOCC)CCCC1)NCC(O)COc1ccc(F)cc1.I. The second kappa shape index (κ2) is 14.8. The maximum Gasteiger partial charge on any atom is 0.191 e. The Morgan fingerprint density at radius 2 is 1.90 bits per heavy atom. The first-order valence-electron chi connectivity index (χ1n) is 10.7. The molecular weight excluding hydrogens is 500 g/mol. The molecule has 3 N–H and O–H groups in total. The van der Waals surface area contributed by atoms with E-state index in [1.807, 2.05) is 13.8 Å². The van der Waals surface area contributed by atoms with Crippen molar-refractivity contribution in [2.24, 2.45) is 10.4 Å². The molecule has 1 saturated carbocycles. The number of nitrogens with one attached hydrogen (secondary N) is 2. The summed E-state index contributed by atoms with van der Waals surface area (Å²) in [6.07, 6.45) is 5.23. The van der Waals surface area contributed by atoms with Gasteiger partial charge in [0.2, 0.25) is 0 Å². The molecule has 1 atom stereocenters. The lowest BCUT2D eigenvalue weighted by atomic mass is 9.83. The van der Waals surface area contributed by atoms with Gasteiger partial charge in [-0.2, -0.15) is 0 Å².